The first-order valence-corrected chi connectivity index (χ1v) is 10.7. The van der Waals surface area contributed by atoms with Gasteiger partial charge in [0.25, 0.3) is 0 Å². The third-order valence-corrected chi connectivity index (χ3v) is 6.70. The van der Waals surface area contributed by atoms with Crippen LogP contribution in [0, 0.1) is 0 Å². The molecule has 2 aromatic carbocycles. The number of hydrogen-bond acceptors (Lipinski definition) is 2. The first kappa shape index (κ1) is 19.3. The van der Waals surface area contributed by atoms with Gasteiger partial charge in [0.2, 0.25) is 5.91 Å². The van der Waals surface area contributed by atoms with Gasteiger partial charge >= 0.3 is 0 Å². The van der Waals surface area contributed by atoms with Crippen LogP contribution in [0.15, 0.2) is 42.5 Å². The van der Waals surface area contributed by atoms with E-state index in [0.717, 1.165) is 45.8 Å². The standard InChI is InChI=1S/C22H22BrClN2O2/c1-3-18(23)22(27)26-11-10-16-17-12-14(24)6-9-19(17)25-20(16)21(26)13-4-7-15(28-2)8-5-13/h4-9,12,18,21,25H,3,10-11H2,1-2H3. The Balaban J connectivity index is 1.86. The molecule has 28 heavy (non-hydrogen) atoms. The lowest BCUT2D eigenvalue weighted by Crippen LogP contribution is -2.43. The molecule has 0 bridgehead atoms. The molecule has 1 aliphatic rings. The third-order valence-electron chi connectivity index (χ3n) is 5.43. The Hall–Kier alpha value is -1.98. The van der Waals surface area contributed by atoms with Crippen LogP contribution in [0.25, 0.3) is 10.9 Å². The van der Waals surface area contributed by atoms with Crippen LogP contribution in [0.4, 0.5) is 0 Å². The van der Waals surface area contributed by atoms with Crippen molar-refractivity contribution in [1.82, 2.24) is 9.88 Å². The molecule has 2 heterocycles. The maximum absolute atomic E-state index is 13.1. The fraction of sp³-hybridized carbons (Fsp3) is 0.318. The summed E-state index contributed by atoms with van der Waals surface area (Å²) in [6, 6.07) is 13.7. The van der Waals surface area contributed by atoms with Gasteiger partial charge < -0.3 is 14.6 Å². The van der Waals surface area contributed by atoms with E-state index in [-0.39, 0.29) is 16.8 Å². The highest BCUT2D eigenvalue weighted by Gasteiger charge is 2.36. The van der Waals surface area contributed by atoms with Crippen LogP contribution in [0.3, 0.4) is 0 Å². The van der Waals surface area contributed by atoms with Crippen LogP contribution in [-0.2, 0) is 11.2 Å². The molecule has 0 fully saturated rings. The lowest BCUT2D eigenvalue weighted by Gasteiger charge is -2.37. The predicted octanol–water partition coefficient (Wildman–Crippen LogP) is 5.48. The van der Waals surface area contributed by atoms with E-state index in [1.54, 1.807) is 7.11 Å². The van der Waals surface area contributed by atoms with Crippen molar-refractivity contribution in [2.45, 2.75) is 30.6 Å². The number of benzene rings is 2. The maximum Gasteiger partial charge on any atom is 0.237 e. The topological polar surface area (TPSA) is 45.3 Å². The summed E-state index contributed by atoms with van der Waals surface area (Å²) in [6.07, 6.45) is 1.55. The Labute approximate surface area is 177 Å². The molecule has 2 atom stereocenters. The minimum absolute atomic E-state index is 0.116. The molecular weight excluding hydrogens is 440 g/mol. The average Bonchev–Trinajstić information content (AvgIpc) is 3.09. The summed E-state index contributed by atoms with van der Waals surface area (Å²) in [4.78, 5) is 18.5. The number of carbonyl (C=O) groups is 1. The molecule has 146 valence electrons. The van der Waals surface area contributed by atoms with Gasteiger partial charge in [-0.2, -0.15) is 0 Å². The largest absolute Gasteiger partial charge is 0.497 e. The van der Waals surface area contributed by atoms with Gasteiger partial charge in [-0.15, -0.1) is 0 Å². The second kappa shape index (κ2) is 7.80. The van der Waals surface area contributed by atoms with Gasteiger partial charge in [-0.05, 0) is 54.3 Å². The second-order valence-corrected chi connectivity index (χ2v) is 8.58. The Morgan fingerprint density at radius 2 is 2.07 bits per heavy atom. The van der Waals surface area contributed by atoms with Crippen molar-refractivity contribution in [3.05, 3.63) is 64.3 Å². The van der Waals surface area contributed by atoms with Crippen molar-refractivity contribution in [3.8, 4) is 5.75 Å². The summed E-state index contributed by atoms with van der Waals surface area (Å²) in [6.45, 7) is 2.68. The Kier molecular flexibility index (Phi) is 5.39. The minimum atomic E-state index is -0.186. The first-order chi connectivity index (χ1) is 13.5. The SMILES string of the molecule is CCC(Br)C(=O)N1CCc2c([nH]c3ccc(Cl)cc23)C1c1ccc(OC)cc1. The van der Waals surface area contributed by atoms with Crippen LogP contribution >= 0.6 is 27.5 Å². The van der Waals surface area contributed by atoms with E-state index >= 15 is 0 Å². The number of alkyl halides is 1. The number of amides is 1. The Morgan fingerprint density at radius 3 is 2.75 bits per heavy atom. The number of aromatic amines is 1. The normalized spacial score (nSPS) is 17.4. The number of H-pyrrole nitrogens is 1. The summed E-state index contributed by atoms with van der Waals surface area (Å²) in [5, 5.41) is 1.86. The van der Waals surface area contributed by atoms with Gasteiger partial charge in [-0.25, -0.2) is 0 Å². The summed E-state index contributed by atoms with van der Waals surface area (Å²) in [5.41, 5.74) is 4.42. The van der Waals surface area contributed by atoms with Crippen molar-refractivity contribution >= 4 is 44.3 Å². The molecule has 1 aromatic heterocycles. The fourth-order valence-electron chi connectivity index (χ4n) is 3.99. The third kappa shape index (κ3) is 3.31. The number of nitrogens with zero attached hydrogens (tertiary/aromatic N) is 1. The zero-order valence-electron chi connectivity index (χ0n) is 15.8. The molecule has 2 unspecified atom stereocenters. The molecule has 1 aliphatic heterocycles. The molecule has 4 nitrogen and oxygen atoms in total. The number of ether oxygens (including phenoxy) is 1. The summed E-state index contributed by atoms with van der Waals surface area (Å²) in [5.74, 6) is 0.915. The monoisotopic (exact) mass is 460 g/mol. The Bertz CT molecular complexity index is 1020. The van der Waals surface area contributed by atoms with Gasteiger partial charge in [0.05, 0.1) is 18.0 Å². The quantitative estimate of drug-likeness (QED) is 0.523. The van der Waals surface area contributed by atoms with Gasteiger partial charge in [0.15, 0.2) is 0 Å². The lowest BCUT2D eigenvalue weighted by molar-refractivity contribution is -0.132. The number of halogens is 2. The minimum Gasteiger partial charge on any atom is -0.497 e. The fourth-order valence-corrected chi connectivity index (χ4v) is 4.42. The zero-order valence-corrected chi connectivity index (χ0v) is 18.2. The number of rotatable bonds is 4. The second-order valence-electron chi connectivity index (χ2n) is 7.04. The van der Waals surface area contributed by atoms with E-state index in [4.69, 9.17) is 16.3 Å². The summed E-state index contributed by atoms with van der Waals surface area (Å²) >= 11 is 9.79. The van der Waals surface area contributed by atoms with Crippen LogP contribution in [-0.4, -0.2) is 34.3 Å². The van der Waals surface area contributed by atoms with E-state index in [1.165, 1.54) is 5.56 Å². The van der Waals surface area contributed by atoms with Gasteiger partial charge in [0, 0.05) is 28.2 Å². The van der Waals surface area contributed by atoms with Crippen molar-refractivity contribution < 1.29 is 9.53 Å². The first-order valence-electron chi connectivity index (χ1n) is 9.42. The molecule has 0 saturated heterocycles. The van der Waals surface area contributed by atoms with E-state index in [9.17, 15) is 4.79 Å². The molecule has 0 aliphatic carbocycles. The van der Waals surface area contributed by atoms with Crippen LogP contribution in [0.5, 0.6) is 5.75 Å². The Morgan fingerprint density at radius 1 is 1.32 bits per heavy atom. The number of nitrogens with one attached hydrogen (secondary N) is 1. The lowest BCUT2D eigenvalue weighted by atomic mass is 9.92. The molecule has 0 spiro atoms. The molecule has 6 heteroatoms. The maximum atomic E-state index is 13.1. The van der Waals surface area contributed by atoms with E-state index in [0.29, 0.717) is 6.54 Å². The average molecular weight is 462 g/mol. The number of aromatic nitrogens is 1. The van der Waals surface area contributed by atoms with E-state index < -0.39 is 0 Å². The smallest absolute Gasteiger partial charge is 0.237 e. The molecule has 0 saturated carbocycles. The van der Waals surface area contributed by atoms with Crippen LogP contribution < -0.4 is 4.74 Å². The molecular formula is C22H22BrClN2O2. The number of fused-ring (bicyclic) bond motifs is 3. The van der Waals surface area contributed by atoms with Crippen LogP contribution in [0.1, 0.15) is 36.2 Å². The number of carbonyl (C=O) groups excluding carboxylic acids is 1. The van der Waals surface area contributed by atoms with E-state index in [1.807, 2.05) is 54.3 Å². The molecule has 4 rings (SSSR count). The van der Waals surface area contributed by atoms with Gasteiger partial charge in [-0.3, -0.25) is 4.79 Å². The molecule has 3 aromatic rings. The molecule has 0 radical (unpaired) electrons. The highest BCUT2D eigenvalue weighted by molar-refractivity contribution is 9.10. The van der Waals surface area contributed by atoms with Crippen LogP contribution in [0.2, 0.25) is 5.02 Å². The summed E-state index contributed by atoms with van der Waals surface area (Å²) in [7, 11) is 1.65. The predicted molar refractivity (Wildman–Crippen MR) is 117 cm³/mol. The van der Waals surface area contributed by atoms with Crippen molar-refractivity contribution in [1.29, 1.82) is 0 Å². The zero-order chi connectivity index (χ0) is 19.8. The van der Waals surface area contributed by atoms with Crippen molar-refractivity contribution in [2.24, 2.45) is 0 Å². The highest BCUT2D eigenvalue weighted by Crippen LogP contribution is 2.40. The number of hydrogen-bond donors (Lipinski definition) is 1. The highest BCUT2D eigenvalue weighted by atomic mass is 79.9. The number of methoxy groups -OCH3 is 1. The van der Waals surface area contributed by atoms with E-state index in [2.05, 4.69) is 20.9 Å². The van der Waals surface area contributed by atoms with Crippen molar-refractivity contribution in [3.63, 3.8) is 0 Å². The molecule has 1 amide bonds. The molecule has 1 N–H and O–H groups in total. The van der Waals surface area contributed by atoms with Gasteiger partial charge in [0.1, 0.15) is 5.75 Å². The van der Waals surface area contributed by atoms with Gasteiger partial charge in [-0.1, -0.05) is 46.6 Å². The van der Waals surface area contributed by atoms with Crippen molar-refractivity contribution in [2.75, 3.05) is 13.7 Å². The summed E-state index contributed by atoms with van der Waals surface area (Å²) < 4.78 is 5.31.